The smallest absolute Gasteiger partial charge is 0.126 e. The second kappa shape index (κ2) is 6.46. The van der Waals surface area contributed by atoms with Crippen LogP contribution in [0.4, 0.5) is 0 Å². The van der Waals surface area contributed by atoms with Crippen LogP contribution < -0.4 is 10.1 Å². The number of methoxy groups -OCH3 is 1. The third kappa shape index (κ3) is 3.04. The van der Waals surface area contributed by atoms with Gasteiger partial charge in [0.15, 0.2) is 0 Å². The van der Waals surface area contributed by atoms with Gasteiger partial charge in [-0.15, -0.1) is 0 Å². The van der Waals surface area contributed by atoms with Crippen molar-refractivity contribution in [2.45, 2.75) is 26.0 Å². The van der Waals surface area contributed by atoms with Gasteiger partial charge in [0.25, 0.3) is 0 Å². The van der Waals surface area contributed by atoms with Crippen LogP contribution in [0.15, 0.2) is 36.4 Å². The van der Waals surface area contributed by atoms with E-state index in [2.05, 4.69) is 48.6 Å². The van der Waals surface area contributed by atoms with Gasteiger partial charge in [0.2, 0.25) is 0 Å². The van der Waals surface area contributed by atoms with Crippen LogP contribution >= 0.6 is 0 Å². The summed E-state index contributed by atoms with van der Waals surface area (Å²) in [6.07, 6.45) is 1.54. The third-order valence-electron chi connectivity index (χ3n) is 4.45. The summed E-state index contributed by atoms with van der Waals surface area (Å²) in [6, 6.07) is 12.6. The molecule has 2 unspecified atom stereocenters. The summed E-state index contributed by atoms with van der Waals surface area (Å²) in [5, 5.41) is 6.02. The fourth-order valence-corrected chi connectivity index (χ4v) is 3.10. The van der Waals surface area contributed by atoms with Gasteiger partial charge in [-0.3, -0.25) is 0 Å². The minimum atomic E-state index is 0.380. The van der Waals surface area contributed by atoms with Gasteiger partial charge in [-0.25, -0.2) is 0 Å². The van der Waals surface area contributed by atoms with Gasteiger partial charge in [-0.2, -0.15) is 0 Å². The van der Waals surface area contributed by atoms with E-state index in [-0.39, 0.29) is 0 Å². The van der Waals surface area contributed by atoms with Crippen LogP contribution in [0.1, 0.15) is 18.9 Å². The van der Waals surface area contributed by atoms with Gasteiger partial charge in [0.1, 0.15) is 5.75 Å². The minimum Gasteiger partial charge on any atom is -0.496 e. The zero-order valence-corrected chi connectivity index (χ0v) is 12.8. The summed E-state index contributed by atoms with van der Waals surface area (Å²) in [5.74, 6) is 1.57. The highest BCUT2D eigenvalue weighted by molar-refractivity contribution is 5.91. The van der Waals surface area contributed by atoms with E-state index in [4.69, 9.17) is 9.47 Å². The lowest BCUT2D eigenvalue weighted by Gasteiger charge is -2.16. The summed E-state index contributed by atoms with van der Waals surface area (Å²) >= 11 is 0. The van der Waals surface area contributed by atoms with Crippen LogP contribution in [0.5, 0.6) is 5.75 Å². The monoisotopic (exact) mass is 285 g/mol. The fourth-order valence-electron chi connectivity index (χ4n) is 3.10. The first kappa shape index (κ1) is 14.4. The van der Waals surface area contributed by atoms with E-state index < -0.39 is 0 Å². The van der Waals surface area contributed by atoms with E-state index in [9.17, 15) is 0 Å². The molecule has 112 valence electrons. The van der Waals surface area contributed by atoms with E-state index in [0.29, 0.717) is 12.0 Å². The molecule has 1 aliphatic heterocycles. The Balaban J connectivity index is 1.72. The van der Waals surface area contributed by atoms with Gasteiger partial charge >= 0.3 is 0 Å². The molecule has 1 saturated heterocycles. The molecule has 2 atom stereocenters. The Bertz CT molecular complexity index is 611. The number of nitrogens with one attached hydrogen (secondary N) is 1. The van der Waals surface area contributed by atoms with Crippen molar-refractivity contribution in [3.8, 4) is 5.75 Å². The summed E-state index contributed by atoms with van der Waals surface area (Å²) in [4.78, 5) is 0. The van der Waals surface area contributed by atoms with Crippen molar-refractivity contribution in [3.63, 3.8) is 0 Å². The summed E-state index contributed by atoms with van der Waals surface area (Å²) < 4.78 is 11.1. The van der Waals surface area contributed by atoms with E-state index in [0.717, 1.165) is 31.9 Å². The maximum Gasteiger partial charge on any atom is 0.126 e. The van der Waals surface area contributed by atoms with Crippen LogP contribution in [0.3, 0.4) is 0 Å². The number of rotatable bonds is 5. The van der Waals surface area contributed by atoms with Gasteiger partial charge in [0, 0.05) is 25.1 Å². The molecule has 0 aromatic heterocycles. The highest BCUT2D eigenvalue weighted by Crippen LogP contribution is 2.28. The number of fused-ring (bicyclic) bond motifs is 1. The predicted octanol–water partition coefficient (Wildman–Crippen LogP) is 3.36. The highest BCUT2D eigenvalue weighted by Gasteiger charge is 2.23. The topological polar surface area (TPSA) is 30.5 Å². The normalized spacial score (nSPS) is 21.8. The fraction of sp³-hybridized carbons (Fsp3) is 0.444. The van der Waals surface area contributed by atoms with Crippen molar-refractivity contribution in [2.75, 3.05) is 20.3 Å². The summed E-state index contributed by atoms with van der Waals surface area (Å²) in [7, 11) is 1.72. The Kier molecular flexibility index (Phi) is 4.42. The van der Waals surface area contributed by atoms with Crippen LogP contribution in [0.25, 0.3) is 10.8 Å². The van der Waals surface area contributed by atoms with Crippen molar-refractivity contribution in [3.05, 3.63) is 42.0 Å². The van der Waals surface area contributed by atoms with Gasteiger partial charge in [-0.1, -0.05) is 30.3 Å². The van der Waals surface area contributed by atoms with Gasteiger partial charge < -0.3 is 14.8 Å². The molecule has 3 rings (SSSR count). The molecule has 1 aliphatic rings. The number of hydrogen-bond donors (Lipinski definition) is 1. The van der Waals surface area contributed by atoms with E-state index in [1.165, 1.54) is 16.3 Å². The zero-order valence-electron chi connectivity index (χ0n) is 12.8. The molecule has 0 radical (unpaired) electrons. The molecule has 3 nitrogen and oxygen atoms in total. The number of benzene rings is 2. The van der Waals surface area contributed by atoms with Crippen molar-refractivity contribution in [1.82, 2.24) is 5.32 Å². The van der Waals surface area contributed by atoms with Gasteiger partial charge in [-0.05, 0) is 36.3 Å². The molecule has 1 N–H and O–H groups in total. The molecular formula is C18H23NO2. The molecule has 0 bridgehead atoms. The Morgan fingerprint density at radius 1 is 1.19 bits per heavy atom. The van der Waals surface area contributed by atoms with Crippen molar-refractivity contribution in [2.24, 2.45) is 5.92 Å². The number of hydrogen-bond acceptors (Lipinski definition) is 3. The SMILES string of the molecule is COc1ccc(CNCC2CCOC2C)c2ccccc12. The van der Waals surface area contributed by atoms with Crippen LogP contribution in [0, 0.1) is 5.92 Å². The Hall–Kier alpha value is -1.58. The van der Waals surface area contributed by atoms with Crippen LogP contribution in [0.2, 0.25) is 0 Å². The molecule has 1 heterocycles. The zero-order chi connectivity index (χ0) is 14.7. The lowest BCUT2D eigenvalue weighted by molar-refractivity contribution is 0.105. The molecule has 3 heteroatoms. The minimum absolute atomic E-state index is 0.380. The van der Waals surface area contributed by atoms with Crippen molar-refractivity contribution >= 4 is 10.8 Å². The lowest BCUT2D eigenvalue weighted by Crippen LogP contribution is -2.26. The quantitative estimate of drug-likeness (QED) is 0.913. The Morgan fingerprint density at radius 2 is 2.00 bits per heavy atom. The number of ether oxygens (including phenoxy) is 2. The van der Waals surface area contributed by atoms with E-state index in [1.807, 2.05) is 0 Å². The summed E-state index contributed by atoms with van der Waals surface area (Å²) in [5.41, 5.74) is 1.32. The maximum atomic E-state index is 5.61. The molecule has 0 aliphatic carbocycles. The summed E-state index contributed by atoms with van der Waals surface area (Å²) in [6.45, 7) is 4.97. The Labute approximate surface area is 126 Å². The molecule has 2 aromatic carbocycles. The first-order valence-electron chi connectivity index (χ1n) is 7.66. The molecule has 0 spiro atoms. The lowest BCUT2D eigenvalue weighted by atomic mass is 10.0. The molecule has 0 saturated carbocycles. The van der Waals surface area contributed by atoms with Crippen molar-refractivity contribution in [1.29, 1.82) is 0 Å². The molecule has 21 heavy (non-hydrogen) atoms. The standard InChI is InChI=1S/C18H23NO2/c1-13-14(9-10-21-13)11-19-12-15-7-8-18(20-2)17-6-4-3-5-16(15)17/h3-8,13-14,19H,9-12H2,1-2H3. The third-order valence-corrected chi connectivity index (χ3v) is 4.45. The van der Waals surface area contributed by atoms with E-state index >= 15 is 0 Å². The second-order valence-electron chi connectivity index (χ2n) is 5.73. The Morgan fingerprint density at radius 3 is 2.71 bits per heavy atom. The largest absolute Gasteiger partial charge is 0.496 e. The average molecular weight is 285 g/mol. The highest BCUT2D eigenvalue weighted by atomic mass is 16.5. The van der Waals surface area contributed by atoms with E-state index in [1.54, 1.807) is 7.11 Å². The van der Waals surface area contributed by atoms with Crippen LogP contribution in [-0.2, 0) is 11.3 Å². The van der Waals surface area contributed by atoms with Gasteiger partial charge in [0.05, 0.1) is 13.2 Å². The maximum absolute atomic E-state index is 5.61. The molecule has 2 aromatic rings. The predicted molar refractivity (Wildman–Crippen MR) is 85.7 cm³/mol. The average Bonchev–Trinajstić information content (AvgIpc) is 2.93. The molecule has 0 amide bonds. The van der Waals surface area contributed by atoms with Crippen molar-refractivity contribution < 1.29 is 9.47 Å². The first-order valence-corrected chi connectivity index (χ1v) is 7.66. The molecule has 1 fully saturated rings. The van der Waals surface area contributed by atoms with Crippen LogP contribution in [-0.4, -0.2) is 26.4 Å². The first-order chi connectivity index (χ1) is 10.3. The molecular weight excluding hydrogens is 262 g/mol. The second-order valence-corrected chi connectivity index (χ2v) is 5.73.